The van der Waals surface area contributed by atoms with E-state index in [1.165, 1.54) is 0 Å². The molecule has 0 spiro atoms. The van der Waals surface area contributed by atoms with Crippen LogP contribution in [0.25, 0.3) is 0 Å². The van der Waals surface area contributed by atoms with Crippen molar-refractivity contribution >= 4 is 15.9 Å². The third-order valence-corrected chi connectivity index (χ3v) is 7.28. The number of carbonyl (C=O) groups is 1. The molecular weight excluding hydrogens is 350 g/mol. The van der Waals surface area contributed by atoms with Gasteiger partial charge in [-0.3, -0.25) is 9.78 Å². The van der Waals surface area contributed by atoms with E-state index in [0.717, 1.165) is 24.8 Å². The number of rotatable bonds is 8. The molecule has 1 saturated carbocycles. The maximum atomic E-state index is 13.1. The zero-order valence-corrected chi connectivity index (χ0v) is 16.3. The Morgan fingerprint density at radius 1 is 1.19 bits per heavy atom. The van der Waals surface area contributed by atoms with E-state index in [2.05, 4.69) is 4.98 Å². The number of pyridine rings is 1. The van der Waals surface area contributed by atoms with Gasteiger partial charge in [0.25, 0.3) is 0 Å². The zero-order valence-electron chi connectivity index (χ0n) is 15.5. The van der Waals surface area contributed by atoms with Gasteiger partial charge in [-0.1, -0.05) is 13.3 Å². The molecule has 1 amide bonds. The molecule has 2 fully saturated rings. The van der Waals surface area contributed by atoms with Crippen LogP contribution >= 0.6 is 0 Å². The third-order valence-electron chi connectivity index (χ3n) is 5.33. The van der Waals surface area contributed by atoms with Crippen LogP contribution in [-0.2, 0) is 21.4 Å². The average Bonchev–Trinajstić information content (AvgIpc) is 3.50. The number of nitrogens with zero attached hydrogens (tertiary/aromatic N) is 3. The van der Waals surface area contributed by atoms with Crippen LogP contribution in [0.4, 0.5) is 0 Å². The second-order valence-corrected chi connectivity index (χ2v) is 9.48. The van der Waals surface area contributed by atoms with Gasteiger partial charge in [0.2, 0.25) is 15.9 Å². The minimum atomic E-state index is -3.17. The van der Waals surface area contributed by atoms with Crippen molar-refractivity contribution in [3.8, 4) is 0 Å². The summed E-state index contributed by atoms with van der Waals surface area (Å²) in [5.74, 6) is 0.350. The predicted octanol–water partition coefficient (Wildman–Crippen LogP) is 2.41. The quantitative estimate of drug-likeness (QED) is 0.695. The summed E-state index contributed by atoms with van der Waals surface area (Å²) in [7, 11) is -3.17. The number of unbranched alkanes of at least 4 members (excludes halogenated alkanes) is 1. The molecule has 0 bridgehead atoms. The molecule has 2 heterocycles. The van der Waals surface area contributed by atoms with Gasteiger partial charge in [0.05, 0.1) is 5.75 Å². The number of sulfonamides is 1. The Labute approximate surface area is 156 Å². The molecule has 0 unspecified atom stereocenters. The highest BCUT2D eigenvalue weighted by molar-refractivity contribution is 7.89. The van der Waals surface area contributed by atoms with Crippen molar-refractivity contribution in [2.24, 2.45) is 5.92 Å². The van der Waals surface area contributed by atoms with Crippen LogP contribution in [0.2, 0.25) is 0 Å². The van der Waals surface area contributed by atoms with E-state index in [-0.39, 0.29) is 17.6 Å². The minimum Gasteiger partial charge on any atom is -0.335 e. The predicted molar refractivity (Wildman–Crippen MR) is 101 cm³/mol. The number of amides is 1. The van der Waals surface area contributed by atoms with Gasteiger partial charge in [0, 0.05) is 44.0 Å². The highest BCUT2D eigenvalue weighted by Gasteiger charge is 2.38. The van der Waals surface area contributed by atoms with Gasteiger partial charge in [0.1, 0.15) is 0 Å². The van der Waals surface area contributed by atoms with Gasteiger partial charge in [-0.25, -0.2) is 12.7 Å². The Bertz CT molecular complexity index is 696. The van der Waals surface area contributed by atoms with E-state index < -0.39 is 10.0 Å². The maximum Gasteiger partial charge on any atom is 0.226 e. The second-order valence-electron chi connectivity index (χ2n) is 7.40. The van der Waals surface area contributed by atoms with E-state index in [4.69, 9.17) is 0 Å². The second kappa shape index (κ2) is 8.48. The molecule has 1 aromatic heterocycles. The largest absolute Gasteiger partial charge is 0.335 e. The van der Waals surface area contributed by atoms with Crippen LogP contribution in [0.3, 0.4) is 0 Å². The lowest BCUT2D eigenvalue weighted by molar-refractivity contribution is -0.138. The maximum absolute atomic E-state index is 13.1. The van der Waals surface area contributed by atoms with Crippen molar-refractivity contribution in [3.05, 3.63) is 30.1 Å². The molecule has 26 heavy (non-hydrogen) atoms. The number of aromatic nitrogens is 1. The molecule has 3 rings (SSSR count). The topological polar surface area (TPSA) is 70.6 Å². The molecule has 0 aromatic carbocycles. The number of carbonyl (C=O) groups excluding carboxylic acids is 1. The van der Waals surface area contributed by atoms with Crippen LogP contribution in [0.1, 0.15) is 51.0 Å². The number of hydrogen-bond donors (Lipinski definition) is 0. The Morgan fingerprint density at radius 2 is 1.85 bits per heavy atom. The summed E-state index contributed by atoms with van der Waals surface area (Å²) in [5.41, 5.74) is 1.10. The summed E-state index contributed by atoms with van der Waals surface area (Å²) in [5, 5.41) is 0. The molecular formula is C19H29N3O3S. The number of hydrogen-bond acceptors (Lipinski definition) is 4. The smallest absolute Gasteiger partial charge is 0.226 e. The molecule has 1 aliphatic carbocycles. The van der Waals surface area contributed by atoms with Crippen LogP contribution in [0.15, 0.2) is 24.5 Å². The van der Waals surface area contributed by atoms with Crippen LogP contribution in [-0.4, -0.2) is 53.4 Å². The zero-order chi connectivity index (χ0) is 18.6. The van der Waals surface area contributed by atoms with Crippen LogP contribution in [0, 0.1) is 5.92 Å². The standard InChI is InChI=1S/C19H29N3O3S/c1-2-3-14-26(24,25)21-12-8-17(9-13-21)19(23)22(18-4-5-18)15-16-6-10-20-11-7-16/h6-7,10-11,17-18H,2-5,8-9,12-15H2,1H3. The first-order valence-corrected chi connectivity index (χ1v) is 11.3. The van der Waals surface area contributed by atoms with Crippen LogP contribution in [0.5, 0.6) is 0 Å². The Kier molecular flexibility index (Phi) is 6.29. The van der Waals surface area contributed by atoms with Crippen molar-refractivity contribution in [1.82, 2.24) is 14.2 Å². The summed E-state index contributed by atoms with van der Waals surface area (Å²) >= 11 is 0. The molecule has 144 valence electrons. The van der Waals surface area contributed by atoms with Gasteiger partial charge in [-0.2, -0.15) is 0 Å². The number of piperidine rings is 1. The fourth-order valence-corrected chi connectivity index (χ4v) is 5.21. The molecule has 6 nitrogen and oxygen atoms in total. The molecule has 0 N–H and O–H groups in total. The first-order valence-electron chi connectivity index (χ1n) is 9.68. The normalized spacial score (nSPS) is 19.4. The molecule has 1 aromatic rings. The SMILES string of the molecule is CCCCS(=O)(=O)N1CCC(C(=O)N(Cc2ccncc2)C2CC2)CC1. The first kappa shape index (κ1) is 19.3. The summed E-state index contributed by atoms with van der Waals surface area (Å²) in [6, 6.07) is 4.25. The van der Waals surface area contributed by atoms with E-state index >= 15 is 0 Å². The van der Waals surface area contributed by atoms with Crippen molar-refractivity contribution in [2.75, 3.05) is 18.8 Å². The lowest BCUT2D eigenvalue weighted by Gasteiger charge is -2.34. The molecule has 1 saturated heterocycles. The van der Waals surface area contributed by atoms with Crippen molar-refractivity contribution in [1.29, 1.82) is 0 Å². The summed E-state index contributed by atoms with van der Waals surface area (Å²) < 4.78 is 26.3. The highest BCUT2D eigenvalue weighted by Crippen LogP contribution is 2.32. The van der Waals surface area contributed by atoms with Gasteiger partial charge in [0.15, 0.2) is 0 Å². The molecule has 7 heteroatoms. The Balaban J connectivity index is 1.58. The summed E-state index contributed by atoms with van der Waals surface area (Å²) in [6.07, 6.45) is 8.48. The third kappa shape index (κ3) is 4.82. The highest BCUT2D eigenvalue weighted by atomic mass is 32.2. The monoisotopic (exact) mass is 379 g/mol. The summed E-state index contributed by atoms with van der Waals surface area (Å²) in [4.78, 5) is 19.1. The van der Waals surface area contributed by atoms with Gasteiger partial charge in [-0.05, 0) is 49.8 Å². The molecule has 1 aliphatic heterocycles. The lowest BCUT2D eigenvalue weighted by atomic mass is 9.96. The van der Waals surface area contributed by atoms with E-state index in [9.17, 15) is 13.2 Å². The van der Waals surface area contributed by atoms with E-state index in [1.807, 2.05) is 24.0 Å². The van der Waals surface area contributed by atoms with Crippen molar-refractivity contribution in [3.63, 3.8) is 0 Å². The fourth-order valence-electron chi connectivity index (χ4n) is 3.53. The molecule has 0 radical (unpaired) electrons. The average molecular weight is 380 g/mol. The Hall–Kier alpha value is -1.47. The van der Waals surface area contributed by atoms with Crippen molar-refractivity contribution in [2.45, 2.75) is 58.0 Å². The lowest BCUT2D eigenvalue weighted by Crippen LogP contribution is -2.45. The van der Waals surface area contributed by atoms with Crippen molar-refractivity contribution < 1.29 is 13.2 Å². The van der Waals surface area contributed by atoms with Gasteiger partial charge >= 0.3 is 0 Å². The van der Waals surface area contributed by atoms with Gasteiger partial charge < -0.3 is 4.90 Å². The molecule has 0 atom stereocenters. The Morgan fingerprint density at radius 3 is 2.42 bits per heavy atom. The first-order chi connectivity index (χ1) is 12.5. The van der Waals surface area contributed by atoms with Gasteiger partial charge in [-0.15, -0.1) is 0 Å². The molecule has 2 aliphatic rings. The fraction of sp³-hybridized carbons (Fsp3) is 0.684. The summed E-state index contributed by atoms with van der Waals surface area (Å²) in [6.45, 7) is 3.56. The van der Waals surface area contributed by atoms with E-state index in [0.29, 0.717) is 44.9 Å². The van der Waals surface area contributed by atoms with Crippen LogP contribution < -0.4 is 0 Å². The minimum absolute atomic E-state index is 0.0601. The van der Waals surface area contributed by atoms with E-state index in [1.54, 1.807) is 16.7 Å².